The maximum Gasteiger partial charge on any atom is 0.274 e. The Morgan fingerprint density at radius 2 is 1.80 bits per heavy atom. The molecule has 1 fully saturated rings. The van der Waals surface area contributed by atoms with Crippen molar-refractivity contribution in [2.24, 2.45) is 0 Å². The highest BCUT2D eigenvalue weighted by molar-refractivity contribution is 7.15. The van der Waals surface area contributed by atoms with Gasteiger partial charge in [0, 0.05) is 44.3 Å². The van der Waals surface area contributed by atoms with Crippen molar-refractivity contribution < 1.29 is 9.90 Å². The Morgan fingerprint density at radius 1 is 1.07 bits per heavy atom. The van der Waals surface area contributed by atoms with Crippen LogP contribution in [0.3, 0.4) is 0 Å². The number of hydrogen-bond acceptors (Lipinski definition) is 5. The lowest BCUT2D eigenvalue weighted by Crippen LogP contribution is -2.35. The Kier molecular flexibility index (Phi) is 7.15. The molecule has 1 aromatic carbocycles. The first kappa shape index (κ1) is 21.0. The minimum absolute atomic E-state index is 0.0476. The lowest BCUT2D eigenvalue weighted by molar-refractivity contribution is 0.0734. The van der Waals surface area contributed by atoms with E-state index in [1.807, 2.05) is 39.1 Å². The lowest BCUT2D eigenvalue weighted by Gasteiger charge is -2.25. The molecule has 1 aliphatic heterocycles. The van der Waals surface area contributed by atoms with E-state index in [0.29, 0.717) is 18.8 Å². The Morgan fingerprint density at radius 3 is 2.53 bits per heavy atom. The summed E-state index contributed by atoms with van der Waals surface area (Å²) in [5.41, 5.74) is 2.68. The van der Waals surface area contributed by atoms with Gasteiger partial charge in [-0.15, -0.1) is 11.3 Å². The molecule has 0 unspecified atom stereocenters. The van der Waals surface area contributed by atoms with Crippen LogP contribution in [0.25, 0.3) is 4.96 Å². The van der Waals surface area contributed by atoms with E-state index in [2.05, 4.69) is 17.0 Å². The van der Waals surface area contributed by atoms with E-state index >= 15 is 0 Å². The maximum absolute atomic E-state index is 13.4. The zero-order valence-electron chi connectivity index (χ0n) is 17.4. The van der Waals surface area contributed by atoms with Gasteiger partial charge in [0.1, 0.15) is 0 Å². The Balaban J connectivity index is 1.60. The highest BCUT2D eigenvalue weighted by atomic mass is 32.1. The van der Waals surface area contributed by atoms with Crippen LogP contribution in [0, 0.1) is 0 Å². The molecule has 4 rings (SSSR count). The first-order valence-electron chi connectivity index (χ1n) is 10.9. The molecule has 3 heterocycles. The van der Waals surface area contributed by atoms with Crippen LogP contribution in [-0.2, 0) is 13.1 Å². The zero-order valence-corrected chi connectivity index (χ0v) is 18.2. The summed E-state index contributed by atoms with van der Waals surface area (Å²) in [6, 6.07) is 10.2. The smallest absolute Gasteiger partial charge is 0.274 e. The Bertz CT molecular complexity index is 945. The monoisotopic (exact) mass is 426 g/mol. The molecule has 6 nitrogen and oxygen atoms in total. The number of imidazole rings is 1. The van der Waals surface area contributed by atoms with Gasteiger partial charge in [-0.25, -0.2) is 4.98 Å². The highest BCUT2D eigenvalue weighted by Gasteiger charge is 2.26. The molecular weight excluding hydrogens is 396 g/mol. The standard InChI is InChI=1S/C23H30N4O2S/c28-15-13-25(17-19-9-5-4-6-10-19)18-20-21(24-23-27(20)14-16-30-23)22(29)26-11-7-2-1-3-8-12-26/h4-6,9-10,14,16,28H,1-3,7-8,11-13,15,17-18H2. The molecule has 3 aromatic rings. The molecule has 0 radical (unpaired) electrons. The Hall–Kier alpha value is -2.22. The van der Waals surface area contributed by atoms with Crippen LogP contribution >= 0.6 is 11.3 Å². The number of aromatic nitrogens is 2. The topological polar surface area (TPSA) is 61.1 Å². The van der Waals surface area contributed by atoms with Crippen molar-refractivity contribution in [3.05, 3.63) is 58.9 Å². The van der Waals surface area contributed by atoms with Gasteiger partial charge in [-0.2, -0.15) is 0 Å². The second kappa shape index (κ2) is 10.2. The van der Waals surface area contributed by atoms with Gasteiger partial charge < -0.3 is 10.0 Å². The number of amides is 1. The predicted octanol–water partition coefficient (Wildman–Crippen LogP) is 3.80. The van der Waals surface area contributed by atoms with Gasteiger partial charge in [0.25, 0.3) is 5.91 Å². The van der Waals surface area contributed by atoms with E-state index in [4.69, 9.17) is 4.98 Å². The number of likely N-dealkylation sites (tertiary alicyclic amines) is 1. The van der Waals surface area contributed by atoms with Crippen molar-refractivity contribution in [3.63, 3.8) is 0 Å². The van der Waals surface area contributed by atoms with E-state index in [-0.39, 0.29) is 12.5 Å². The molecular formula is C23H30N4O2S. The molecule has 7 heteroatoms. The van der Waals surface area contributed by atoms with Crippen molar-refractivity contribution in [1.82, 2.24) is 19.2 Å². The van der Waals surface area contributed by atoms with Gasteiger partial charge in [-0.05, 0) is 18.4 Å². The fraction of sp³-hybridized carbons (Fsp3) is 0.478. The van der Waals surface area contributed by atoms with Crippen molar-refractivity contribution in [3.8, 4) is 0 Å². The SMILES string of the molecule is O=C(c1nc2sccn2c1CN(CCO)Cc1ccccc1)N1CCCCCCC1. The number of carbonyl (C=O) groups excluding carboxylic acids is 1. The molecule has 1 saturated heterocycles. The third-order valence-electron chi connectivity index (χ3n) is 5.75. The van der Waals surface area contributed by atoms with E-state index < -0.39 is 0 Å². The largest absolute Gasteiger partial charge is 0.395 e. The second-order valence-corrected chi connectivity index (χ2v) is 8.82. The van der Waals surface area contributed by atoms with Crippen LogP contribution in [0.4, 0.5) is 0 Å². The van der Waals surface area contributed by atoms with Crippen LogP contribution in [0.2, 0.25) is 0 Å². The zero-order chi connectivity index (χ0) is 20.8. The molecule has 1 aliphatic rings. The predicted molar refractivity (Wildman–Crippen MR) is 120 cm³/mol. The molecule has 0 bridgehead atoms. The van der Waals surface area contributed by atoms with Gasteiger partial charge >= 0.3 is 0 Å². The molecule has 0 spiro atoms. The van der Waals surface area contributed by atoms with Gasteiger partial charge in [0.15, 0.2) is 10.7 Å². The second-order valence-electron chi connectivity index (χ2n) is 7.94. The fourth-order valence-corrected chi connectivity index (χ4v) is 4.90. The number of hydrogen-bond donors (Lipinski definition) is 1. The van der Waals surface area contributed by atoms with Crippen molar-refractivity contribution >= 4 is 22.2 Å². The van der Waals surface area contributed by atoms with Crippen molar-refractivity contribution in [2.45, 2.75) is 45.2 Å². The van der Waals surface area contributed by atoms with Gasteiger partial charge in [0.05, 0.1) is 12.3 Å². The summed E-state index contributed by atoms with van der Waals surface area (Å²) in [6.45, 7) is 3.54. The van der Waals surface area contributed by atoms with Crippen molar-refractivity contribution in [2.75, 3.05) is 26.2 Å². The van der Waals surface area contributed by atoms with Crippen molar-refractivity contribution in [1.29, 1.82) is 0 Å². The summed E-state index contributed by atoms with van der Waals surface area (Å²) >= 11 is 1.55. The average Bonchev–Trinajstić information content (AvgIpc) is 3.31. The van der Waals surface area contributed by atoms with Gasteiger partial charge in [-0.1, -0.05) is 49.6 Å². The van der Waals surface area contributed by atoms with E-state index in [1.165, 1.54) is 24.8 Å². The van der Waals surface area contributed by atoms with Gasteiger partial charge in [-0.3, -0.25) is 14.1 Å². The quantitative estimate of drug-likeness (QED) is 0.624. The van der Waals surface area contributed by atoms with Crippen LogP contribution < -0.4 is 0 Å². The minimum Gasteiger partial charge on any atom is -0.395 e. The molecule has 0 atom stereocenters. The number of rotatable bonds is 7. The number of fused-ring (bicyclic) bond motifs is 1. The minimum atomic E-state index is 0.0476. The molecule has 0 saturated carbocycles. The maximum atomic E-state index is 13.4. The number of nitrogens with zero attached hydrogens (tertiary/aromatic N) is 4. The Labute approximate surface area is 181 Å². The highest BCUT2D eigenvalue weighted by Crippen LogP contribution is 2.22. The summed E-state index contributed by atoms with van der Waals surface area (Å²) < 4.78 is 2.04. The normalized spacial score (nSPS) is 15.5. The van der Waals surface area contributed by atoms with Crippen LogP contribution in [0.5, 0.6) is 0 Å². The fourth-order valence-electron chi connectivity index (χ4n) is 4.16. The summed E-state index contributed by atoms with van der Waals surface area (Å²) in [4.78, 5) is 23.2. The first-order valence-corrected chi connectivity index (χ1v) is 11.7. The molecule has 1 amide bonds. The van der Waals surface area contributed by atoms with Crippen LogP contribution in [-0.4, -0.2) is 56.4 Å². The first-order chi connectivity index (χ1) is 14.8. The van der Waals surface area contributed by atoms with Crippen LogP contribution in [0.15, 0.2) is 41.9 Å². The third-order valence-corrected chi connectivity index (χ3v) is 6.50. The number of thiazole rings is 1. The summed E-state index contributed by atoms with van der Waals surface area (Å²) in [7, 11) is 0. The molecule has 1 N–H and O–H groups in total. The van der Waals surface area contributed by atoms with E-state index in [0.717, 1.165) is 43.1 Å². The lowest BCUT2D eigenvalue weighted by atomic mass is 10.1. The number of aliphatic hydroxyl groups excluding tert-OH is 1. The third kappa shape index (κ3) is 4.91. The molecule has 30 heavy (non-hydrogen) atoms. The summed E-state index contributed by atoms with van der Waals surface area (Å²) in [5.74, 6) is 0.0476. The average molecular weight is 427 g/mol. The van der Waals surface area contributed by atoms with Crippen LogP contribution in [0.1, 0.15) is 53.8 Å². The molecule has 0 aliphatic carbocycles. The summed E-state index contributed by atoms with van der Waals surface area (Å²) in [5, 5.41) is 11.6. The number of aliphatic hydroxyl groups is 1. The summed E-state index contributed by atoms with van der Waals surface area (Å²) in [6.07, 6.45) is 7.77. The molecule has 160 valence electrons. The molecule has 2 aromatic heterocycles. The number of benzene rings is 1. The van der Waals surface area contributed by atoms with Gasteiger partial charge in [0.2, 0.25) is 0 Å². The number of carbonyl (C=O) groups is 1. The van der Waals surface area contributed by atoms with E-state index in [9.17, 15) is 9.90 Å². The van der Waals surface area contributed by atoms with E-state index in [1.54, 1.807) is 11.3 Å².